The minimum atomic E-state index is -0.195. The fraction of sp³-hybridized carbons (Fsp3) is 0.300. The molecule has 0 bridgehead atoms. The molecule has 2 aromatic carbocycles. The topological polar surface area (TPSA) is 70.2 Å². The van der Waals surface area contributed by atoms with Crippen LogP contribution in [0.2, 0.25) is 0 Å². The van der Waals surface area contributed by atoms with Crippen molar-refractivity contribution in [1.82, 2.24) is 5.32 Å². The van der Waals surface area contributed by atoms with Crippen LogP contribution in [0.3, 0.4) is 0 Å². The number of amides is 2. The molecular formula is C20H23N3O2. The van der Waals surface area contributed by atoms with E-state index in [1.807, 2.05) is 30.3 Å². The number of hydrogen-bond donors (Lipinski definition) is 3. The summed E-state index contributed by atoms with van der Waals surface area (Å²) in [6, 6.07) is 16.3. The molecule has 3 N–H and O–H groups in total. The Hall–Kier alpha value is -2.66. The van der Waals surface area contributed by atoms with Crippen molar-refractivity contribution in [2.24, 2.45) is 5.92 Å². The molecule has 0 spiro atoms. The molecule has 1 fully saturated rings. The molecule has 5 heteroatoms. The Labute approximate surface area is 147 Å². The van der Waals surface area contributed by atoms with Gasteiger partial charge in [-0.15, -0.1) is 0 Å². The fourth-order valence-corrected chi connectivity index (χ4v) is 2.99. The van der Waals surface area contributed by atoms with Gasteiger partial charge in [0.2, 0.25) is 5.91 Å². The van der Waals surface area contributed by atoms with Gasteiger partial charge in [-0.1, -0.05) is 30.3 Å². The maximum atomic E-state index is 12.3. The average Bonchev–Trinajstić information content (AvgIpc) is 3.16. The second-order valence-electron chi connectivity index (χ2n) is 6.31. The van der Waals surface area contributed by atoms with Gasteiger partial charge in [-0.2, -0.15) is 0 Å². The van der Waals surface area contributed by atoms with Crippen molar-refractivity contribution >= 4 is 23.2 Å². The Morgan fingerprint density at radius 1 is 0.960 bits per heavy atom. The Morgan fingerprint density at radius 2 is 1.64 bits per heavy atom. The van der Waals surface area contributed by atoms with Crippen LogP contribution in [0.25, 0.3) is 0 Å². The maximum Gasteiger partial charge on any atom is 0.255 e. The molecule has 0 saturated carbocycles. The van der Waals surface area contributed by atoms with E-state index in [2.05, 4.69) is 16.0 Å². The molecule has 1 atom stereocenters. The van der Waals surface area contributed by atoms with Crippen LogP contribution in [0.4, 0.5) is 11.4 Å². The van der Waals surface area contributed by atoms with Crippen molar-refractivity contribution < 1.29 is 9.59 Å². The molecule has 3 rings (SSSR count). The standard InChI is InChI=1S/C20H23N3O2/c24-19(11-10-15-12-13-21-14-15)22-17-8-4-5-9-18(17)23-20(25)16-6-2-1-3-7-16/h1-9,15,21H,10-14H2,(H,22,24)(H,23,25). The van der Waals surface area contributed by atoms with Crippen molar-refractivity contribution in [3.63, 3.8) is 0 Å². The van der Waals surface area contributed by atoms with Crippen LogP contribution in [0.5, 0.6) is 0 Å². The van der Waals surface area contributed by atoms with Crippen LogP contribution in [0.15, 0.2) is 54.6 Å². The van der Waals surface area contributed by atoms with Gasteiger partial charge in [-0.3, -0.25) is 9.59 Å². The van der Waals surface area contributed by atoms with Crippen molar-refractivity contribution in [3.8, 4) is 0 Å². The first-order valence-corrected chi connectivity index (χ1v) is 8.68. The lowest BCUT2D eigenvalue weighted by Gasteiger charge is -2.13. The monoisotopic (exact) mass is 337 g/mol. The lowest BCUT2D eigenvalue weighted by molar-refractivity contribution is -0.116. The SMILES string of the molecule is O=C(CCC1CCNC1)Nc1ccccc1NC(=O)c1ccccc1. The first-order chi connectivity index (χ1) is 12.2. The molecule has 25 heavy (non-hydrogen) atoms. The van der Waals surface area contributed by atoms with Gasteiger partial charge in [0.15, 0.2) is 0 Å². The largest absolute Gasteiger partial charge is 0.324 e. The third-order valence-corrected chi connectivity index (χ3v) is 4.43. The number of hydrogen-bond acceptors (Lipinski definition) is 3. The Balaban J connectivity index is 1.60. The summed E-state index contributed by atoms with van der Waals surface area (Å²) in [6.07, 6.45) is 2.52. The molecule has 0 radical (unpaired) electrons. The minimum Gasteiger partial charge on any atom is -0.324 e. The van der Waals surface area contributed by atoms with Crippen LogP contribution in [0.1, 0.15) is 29.6 Å². The summed E-state index contributed by atoms with van der Waals surface area (Å²) in [6.45, 7) is 2.04. The summed E-state index contributed by atoms with van der Waals surface area (Å²) in [5, 5.41) is 9.10. The van der Waals surface area contributed by atoms with E-state index in [-0.39, 0.29) is 11.8 Å². The van der Waals surface area contributed by atoms with Crippen LogP contribution in [-0.4, -0.2) is 24.9 Å². The highest BCUT2D eigenvalue weighted by molar-refractivity contribution is 6.07. The van der Waals surface area contributed by atoms with Gasteiger partial charge >= 0.3 is 0 Å². The molecule has 1 heterocycles. The molecule has 2 aromatic rings. The van der Waals surface area contributed by atoms with E-state index >= 15 is 0 Å². The predicted molar refractivity (Wildman–Crippen MR) is 99.7 cm³/mol. The van der Waals surface area contributed by atoms with Crippen LogP contribution >= 0.6 is 0 Å². The zero-order valence-corrected chi connectivity index (χ0v) is 14.1. The number of benzene rings is 2. The molecular weight excluding hydrogens is 314 g/mol. The number of carbonyl (C=O) groups is 2. The Bertz CT molecular complexity index is 725. The van der Waals surface area contributed by atoms with E-state index in [0.29, 0.717) is 29.3 Å². The first kappa shape index (κ1) is 17.2. The maximum absolute atomic E-state index is 12.3. The summed E-state index contributed by atoms with van der Waals surface area (Å²) in [5.74, 6) is 0.367. The molecule has 0 aromatic heterocycles. The van der Waals surface area contributed by atoms with E-state index in [0.717, 1.165) is 25.9 Å². The van der Waals surface area contributed by atoms with Gasteiger partial charge in [0.05, 0.1) is 11.4 Å². The second-order valence-corrected chi connectivity index (χ2v) is 6.31. The van der Waals surface area contributed by atoms with E-state index in [4.69, 9.17) is 0 Å². The third kappa shape index (κ3) is 4.90. The average molecular weight is 337 g/mol. The number of rotatable bonds is 6. The number of para-hydroxylation sites is 2. The number of anilines is 2. The van der Waals surface area contributed by atoms with Gasteiger partial charge in [-0.25, -0.2) is 0 Å². The van der Waals surface area contributed by atoms with Crippen LogP contribution in [-0.2, 0) is 4.79 Å². The molecule has 1 unspecified atom stereocenters. The van der Waals surface area contributed by atoms with Crippen molar-refractivity contribution in [1.29, 1.82) is 0 Å². The highest BCUT2D eigenvalue weighted by atomic mass is 16.2. The van der Waals surface area contributed by atoms with Gasteiger partial charge in [-0.05, 0) is 56.1 Å². The van der Waals surface area contributed by atoms with Crippen molar-refractivity contribution in [2.45, 2.75) is 19.3 Å². The number of nitrogens with one attached hydrogen (secondary N) is 3. The molecule has 1 aliphatic heterocycles. The van der Waals surface area contributed by atoms with Crippen molar-refractivity contribution in [2.75, 3.05) is 23.7 Å². The molecule has 0 aliphatic carbocycles. The van der Waals surface area contributed by atoms with Gasteiger partial charge in [0.1, 0.15) is 0 Å². The highest BCUT2D eigenvalue weighted by Gasteiger charge is 2.16. The fourth-order valence-electron chi connectivity index (χ4n) is 2.99. The third-order valence-electron chi connectivity index (χ3n) is 4.43. The van der Waals surface area contributed by atoms with E-state index in [9.17, 15) is 9.59 Å². The molecule has 2 amide bonds. The minimum absolute atomic E-state index is 0.0201. The first-order valence-electron chi connectivity index (χ1n) is 8.68. The number of carbonyl (C=O) groups excluding carboxylic acids is 2. The normalized spacial score (nSPS) is 16.4. The summed E-state index contributed by atoms with van der Waals surface area (Å²) in [4.78, 5) is 24.6. The zero-order chi connectivity index (χ0) is 17.5. The Morgan fingerprint density at radius 3 is 2.32 bits per heavy atom. The smallest absolute Gasteiger partial charge is 0.255 e. The van der Waals surface area contributed by atoms with E-state index < -0.39 is 0 Å². The zero-order valence-electron chi connectivity index (χ0n) is 14.1. The summed E-state index contributed by atoms with van der Waals surface area (Å²) >= 11 is 0. The van der Waals surface area contributed by atoms with Gasteiger partial charge in [0, 0.05) is 12.0 Å². The summed E-state index contributed by atoms with van der Waals surface area (Å²) in [5.41, 5.74) is 1.81. The van der Waals surface area contributed by atoms with Crippen LogP contribution < -0.4 is 16.0 Å². The van der Waals surface area contributed by atoms with E-state index in [1.165, 1.54) is 0 Å². The molecule has 1 aliphatic rings. The highest BCUT2D eigenvalue weighted by Crippen LogP contribution is 2.23. The van der Waals surface area contributed by atoms with Crippen LogP contribution in [0, 0.1) is 5.92 Å². The molecule has 1 saturated heterocycles. The van der Waals surface area contributed by atoms with Gasteiger partial charge < -0.3 is 16.0 Å². The predicted octanol–water partition coefficient (Wildman–Crippen LogP) is 3.27. The molecule has 5 nitrogen and oxygen atoms in total. The Kier molecular flexibility index (Phi) is 5.80. The summed E-state index contributed by atoms with van der Waals surface area (Å²) < 4.78 is 0. The van der Waals surface area contributed by atoms with Gasteiger partial charge in [0.25, 0.3) is 5.91 Å². The second kappa shape index (κ2) is 8.44. The lowest BCUT2D eigenvalue weighted by Crippen LogP contribution is -2.17. The summed E-state index contributed by atoms with van der Waals surface area (Å²) in [7, 11) is 0. The quantitative estimate of drug-likeness (QED) is 0.758. The molecule has 130 valence electrons. The van der Waals surface area contributed by atoms with Crippen molar-refractivity contribution in [3.05, 3.63) is 60.2 Å². The lowest BCUT2D eigenvalue weighted by atomic mass is 10.0. The van der Waals surface area contributed by atoms with E-state index in [1.54, 1.807) is 24.3 Å².